The molecule has 2 amide bonds. The molecule has 190 valence electrons. The summed E-state index contributed by atoms with van der Waals surface area (Å²) in [6.07, 6.45) is 0.824. The van der Waals surface area contributed by atoms with Crippen molar-refractivity contribution in [2.24, 2.45) is 0 Å². The molecule has 2 N–H and O–H groups in total. The van der Waals surface area contributed by atoms with E-state index in [0.29, 0.717) is 23.4 Å². The molecule has 0 saturated carbocycles. The van der Waals surface area contributed by atoms with E-state index in [1.807, 2.05) is 0 Å². The number of imidazole rings is 1. The van der Waals surface area contributed by atoms with Crippen molar-refractivity contribution in [3.8, 4) is 5.75 Å². The van der Waals surface area contributed by atoms with Crippen LogP contribution in [0.25, 0.3) is 5.65 Å². The second-order valence-electron chi connectivity index (χ2n) is 8.56. The second kappa shape index (κ2) is 9.70. The van der Waals surface area contributed by atoms with E-state index in [1.165, 1.54) is 27.6 Å². The van der Waals surface area contributed by atoms with Crippen LogP contribution in [0.2, 0.25) is 5.02 Å². The number of ether oxygens (including phenoxy) is 1. The first-order chi connectivity index (χ1) is 17.7. The fraction of sp³-hybridized carbons (Fsp3) is 0.192. The topological polar surface area (TPSA) is 96.2 Å². The fourth-order valence-electron chi connectivity index (χ4n) is 4.53. The van der Waals surface area contributed by atoms with E-state index in [2.05, 4.69) is 10.3 Å². The molecule has 11 heteroatoms. The largest absolute Gasteiger partial charge is 0.485 e. The van der Waals surface area contributed by atoms with Crippen molar-refractivity contribution in [1.82, 2.24) is 14.7 Å². The number of carboxylic acid groups (broad SMARTS) is 1. The maximum Gasteiger partial charge on any atom is 0.411 e. The van der Waals surface area contributed by atoms with Crippen LogP contribution in [0.1, 0.15) is 39.8 Å². The Morgan fingerprint density at radius 3 is 2.65 bits per heavy atom. The number of aryl methyl sites for hydroxylation is 1. The molecule has 0 spiro atoms. The van der Waals surface area contributed by atoms with Crippen molar-refractivity contribution in [2.45, 2.75) is 26.0 Å². The van der Waals surface area contributed by atoms with Crippen LogP contribution >= 0.6 is 11.6 Å². The van der Waals surface area contributed by atoms with Gasteiger partial charge in [0, 0.05) is 18.8 Å². The summed E-state index contributed by atoms with van der Waals surface area (Å²) in [5.41, 5.74) is 1.80. The molecule has 0 radical (unpaired) electrons. The number of anilines is 1. The number of pyridine rings is 1. The number of hydrogen-bond acceptors (Lipinski definition) is 4. The molecule has 1 unspecified atom stereocenters. The summed E-state index contributed by atoms with van der Waals surface area (Å²) >= 11 is 6.29. The van der Waals surface area contributed by atoms with Gasteiger partial charge < -0.3 is 15.2 Å². The molecule has 5 rings (SSSR count). The number of nitrogens with one attached hydrogen (secondary N) is 1. The number of carbonyl (C=O) groups excluding carboxylic acids is 1. The van der Waals surface area contributed by atoms with Gasteiger partial charge in [0.2, 0.25) is 0 Å². The van der Waals surface area contributed by atoms with Gasteiger partial charge in [0.25, 0.3) is 5.91 Å². The third-order valence-electron chi connectivity index (χ3n) is 6.26. The number of fused-ring (bicyclic) bond motifs is 2. The third kappa shape index (κ3) is 4.55. The van der Waals surface area contributed by atoms with Crippen LogP contribution in [0.3, 0.4) is 0 Å². The van der Waals surface area contributed by atoms with Gasteiger partial charge in [0.1, 0.15) is 23.9 Å². The van der Waals surface area contributed by atoms with Gasteiger partial charge in [-0.25, -0.2) is 18.6 Å². The Morgan fingerprint density at radius 2 is 1.92 bits per heavy atom. The number of carbonyl (C=O) groups is 2. The van der Waals surface area contributed by atoms with Gasteiger partial charge in [-0.05, 0) is 37.1 Å². The fourth-order valence-corrected chi connectivity index (χ4v) is 4.73. The molecule has 8 nitrogen and oxygen atoms in total. The van der Waals surface area contributed by atoms with Crippen molar-refractivity contribution in [2.75, 3.05) is 11.4 Å². The van der Waals surface area contributed by atoms with Crippen LogP contribution in [0, 0.1) is 18.6 Å². The molecule has 37 heavy (non-hydrogen) atoms. The predicted molar refractivity (Wildman–Crippen MR) is 132 cm³/mol. The van der Waals surface area contributed by atoms with Gasteiger partial charge in [-0.15, -0.1) is 0 Å². The Kier molecular flexibility index (Phi) is 6.43. The quantitative estimate of drug-likeness (QED) is 0.357. The van der Waals surface area contributed by atoms with Gasteiger partial charge in [-0.2, -0.15) is 0 Å². The molecule has 2 aromatic carbocycles. The first kappa shape index (κ1) is 24.5. The molecular weight excluding hydrogens is 506 g/mol. The van der Waals surface area contributed by atoms with Gasteiger partial charge in [-0.1, -0.05) is 35.9 Å². The summed E-state index contributed by atoms with van der Waals surface area (Å²) < 4.78 is 35.3. The maximum atomic E-state index is 14.1. The number of para-hydroxylation sites is 1. The normalized spacial score (nSPS) is 14.9. The highest BCUT2D eigenvalue weighted by molar-refractivity contribution is 6.30. The van der Waals surface area contributed by atoms with Crippen molar-refractivity contribution in [3.63, 3.8) is 0 Å². The molecule has 0 bridgehead atoms. The number of halogens is 3. The van der Waals surface area contributed by atoms with E-state index in [4.69, 9.17) is 16.3 Å². The summed E-state index contributed by atoms with van der Waals surface area (Å²) in [5, 5.41) is 12.7. The van der Waals surface area contributed by atoms with E-state index >= 15 is 0 Å². The number of benzene rings is 2. The van der Waals surface area contributed by atoms with E-state index in [-0.39, 0.29) is 34.2 Å². The van der Waals surface area contributed by atoms with E-state index < -0.39 is 36.3 Å². The van der Waals surface area contributed by atoms with Crippen molar-refractivity contribution in [1.29, 1.82) is 0 Å². The zero-order valence-electron chi connectivity index (χ0n) is 19.5. The molecule has 3 heterocycles. The van der Waals surface area contributed by atoms with Gasteiger partial charge in [0.15, 0.2) is 11.4 Å². The van der Waals surface area contributed by atoms with Crippen molar-refractivity contribution in [3.05, 3.63) is 93.9 Å². The SMILES string of the molecule is Cc1nc2c(OCc3c(F)cccc3F)cc(Cl)cn2c1C(=O)NC1CCN(C(=O)O)c2ccccc21. The molecule has 0 saturated heterocycles. The van der Waals surface area contributed by atoms with Gasteiger partial charge in [-0.3, -0.25) is 14.1 Å². The highest BCUT2D eigenvalue weighted by Gasteiger charge is 2.30. The van der Waals surface area contributed by atoms with E-state index in [1.54, 1.807) is 31.2 Å². The lowest BCUT2D eigenvalue weighted by Gasteiger charge is -2.33. The zero-order chi connectivity index (χ0) is 26.3. The summed E-state index contributed by atoms with van der Waals surface area (Å²) in [5.74, 6) is -1.78. The minimum absolute atomic E-state index is 0.150. The zero-order valence-corrected chi connectivity index (χ0v) is 20.3. The maximum absolute atomic E-state index is 14.1. The monoisotopic (exact) mass is 526 g/mol. The number of aromatic nitrogens is 2. The highest BCUT2D eigenvalue weighted by atomic mass is 35.5. The van der Waals surface area contributed by atoms with Crippen LogP contribution in [-0.2, 0) is 6.61 Å². The first-order valence-corrected chi connectivity index (χ1v) is 11.8. The Bertz CT molecular complexity index is 1520. The lowest BCUT2D eigenvalue weighted by atomic mass is 9.96. The average molecular weight is 527 g/mol. The molecule has 0 fully saturated rings. The molecule has 1 atom stereocenters. The Hall–Kier alpha value is -4.18. The van der Waals surface area contributed by atoms with Gasteiger partial charge in [0.05, 0.1) is 28.0 Å². The Morgan fingerprint density at radius 1 is 1.19 bits per heavy atom. The number of amides is 2. The summed E-state index contributed by atoms with van der Waals surface area (Å²) in [7, 11) is 0. The average Bonchev–Trinajstić information content (AvgIpc) is 3.19. The molecule has 2 aromatic heterocycles. The number of hydrogen-bond donors (Lipinski definition) is 2. The molecule has 1 aliphatic heterocycles. The summed E-state index contributed by atoms with van der Waals surface area (Å²) in [6.45, 7) is 1.47. The van der Waals surface area contributed by atoms with Crippen LogP contribution in [0.5, 0.6) is 5.75 Å². The Balaban J connectivity index is 1.45. The van der Waals surface area contributed by atoms with Crippen molar-refractivity contribution >= 4 is 34.9 Å². The minimum Gasteiger partial charge on any atom is -0.485 e. The standard InChI is InChI=1S/C26H21ClF2N4O4/c1-14-23(25(34)31-20-9-10-32(26(35)36)21-8-3-2-5-16(20)21)33-12-15(27)11-22(24(33)30-14)37-13-17-18(28)6-4-7-19(17)29/h2-8,11-12,20H,9-10,13H2,1H3,(H,31,34)(H,35,36). The lowest BCUT2D eigenvalue weighted by Crippen LogP contribution is -2.40. The molecule has 1 aliphatic rings. The van der Waals surface area contributed by atoms with Crippen LogP contribution in [-0.4, -0.2) is 33.0 Å². The van der Waals surface area contributed by atoms with E-state index in [9.17, 15) is 23.5 Å². The Labute approximate surface area is 215 Å². The first-order valence-electron chi connectivity index (χ1n) is 11.4. The third-order valence-corrected chi connectivity index (χ3v) is 6.46. The number of nitrogens with zero attached hydrogens (tertiary/aromatic N) is 3. The molecular formula is C26H21ClF2N4O4. The van der Waals surface area contributed by atoms with E-state index in [0.717, 1.165) is 12.1 Å². The number of rotatable bonds is 5. The summed E-state index contributed by atoms with van der Waals surface area (Å²) in [4.78, 5) is 30.8. The smallest absolute Gasteiger partial charge is 0.411 e. The lowest BCUT2D eigenvalue weighted by molar-refractivity contribution is 0.0927. The molecule has 4 aromatic rings. The van der Waals surface area contributed by atoms with Gasteiger partial charge >= 0.3 is 6.09 Å². The van der Waals surface area contributed by atoms with Crippen LogP contribution < -0.4 is 15.0 Å². The van der Waals surface area contributed by atoms with Crippen molar-refractivity contribution < 1.29 is 28.2 Å². The summed E-state index contributed by atoms with van der Waals surface area (Å²) in [6, 6.07) is 11.6. The predicted octanol–water partition coefficient (Wildman–Crippen LogP) is 5.51. The van der Waals surface area contributed by atoms with Crippen LogP contribution in [0.4, 0.5) is 19.3 Å². The highest BCUT2D eigenvalue weighted by Crippen LogP contribution is 2.34. The van der Waals surface area contributed by atoms with Crippen LogP contribution in [0.15, 0.2) is 54.7 Å². The second-order valence-corrected chi connectivity index (χ2v) is 9.00. The minimum atomic E-state index is -1.06. The molecule has 0 aliphatic carbocycles.